The number of carbonyl (C=O) groups is 1. The van der Waals surface area contributed by atoms with Crippen molar-refractivity contribution in [1.29, 1.82) is 0 Å². The molecule has 0 saturated heterocycles. The summed E-state index contributed by atoms with van der Waals surface area (Å²) >= 11 is 0. The standard InChI is InChI=1S/C17H27NO3/c1-6-15(17(19)20-8-3)21-16-10-9-14(11-12(16)4)13(5)18-7-2/h9-11,13,15,18H,6-8H2,1-5H3. The Balaban J connectivity index is 2.82. The second kappa shape index (κ2) is 8.67. The number of hydrogen-bond acceptors (Lipinski definition) is 4. The van der Waals surface area contributed by atoms with E-state index in [1.165, 1.54) is 5.56 Å². The first kappa shape index (κ1) is 17.5. The van der Waals surface area contributed by atoms with Crippen LogP contribution in [0.15, 0.2) is 18.2 Å². The highest BCUT2D eigenvalue weighted by atomic mass is 16.6. The lowest BCUT2D eigenvalue weighted by atomic mass is 10.0. The van der Waals surface area contributed by atoms with Crippen molar-refractivity contribution in [1.82, 2.24) is 5.32 Å². The van der Waals surface area contributed by atoms with Crippen LogP contribution in [-0.4, -0.2) is 25.2 Å². The highest BCUT2D eigenvalue weighted by Crippen LogP contribution is 2.24. The average Bonchev–Trinajstić information content (AvgIpc) is 2.46. The Labute approximate surface area is 127 Å². The van der Waals surface area contributed by atoms with Crippen LogP contribution in [0.1, 0.15) is 51.3 Å². The third kappa shape index (κ3) is 5.05. The zero-order valence-electron chi connectivity index (χ0n) is 13.7. The van der Waals surface area contributed by atoms with Gasteiger partial charge in [-0.15, -0.1) is 0 Å². The van der Waals surface area contributed by atoms with Gasteiger partial charge in [0.1, 0.15) is 5.75 Å². The highest BCUT2D eigenvalue weighted by Gasteiger charge is 2.20. The molecule has 0 saturated carbocycles. The Bertz CT molecular complexity index is 459. The smallest absolute Gasteiger partial charge is 0.347 e. The van der Waals surface area contributed by atoms with Gasteiger partial charge in [-0.2, -0.15) is 0 Å². The van der Waals surface area contributed by atoms with Crippen molar-refractivity contribution in [3.05, 3.63) is 29.3 Å². The molecule has 4 nitrogen and oxygen atoms in total. The van der Waals surface area contributed by atoms with E-state index < -0.39 is 6.10 Å². The number of benzene rings is 1. The van der Waals surface area contributed by atoms with Gasteiger partial charge in [-0.05, 0) is 50.9 Å². The molecule has 0 bridgehead atoms. The van der Waals surface area contributed by atoms with Crippen molar-refractivity contribution in [2.75, 3.05) is 13.2 Å². The minimum Gasteiger partial charge on any atom is -0.478 e. The van der Waals surface area contributed by atoms with Crippen LogP contribution in [0.25, 0.3) is 0 Å². The third-order valence-electron chi connectivity index (χ3n) is 3.40. The Hall–Kier alpha value is -1.55. The summed E-state index contributed by atoms with van der Waals surface area (Å²) in [5, 5.41) is 3.38. The molecular weight excluding hydrogens is 266 g/mol. The molecule has 1 aromatic rings. The molecule has 21 heavy (non-hydrogen) atoms. The molecule has 0 aliphatic heterocycles. The Kier molecular flexibility index (Phi) is 7.23. The second-order valence-corrected chi connectivity index (χ2v) is 5.07. The minimum absolute atomic E-state index is 0.301. The van der Waals surface area contributed by atoms with Gasteiger partial charge < -0.3 is 14.8 Å². The summed E-state index contributed by atoms with van der Waals surface area (Å²) in [4.78, 5) is 11.8. The van der Waals surface area contributed by atoms with E-state index in [1.807, 2.05) is 26.0 Å². The summed E-state index contributed by atoms with van der Waals surface area (Å²) in [6.07, 6.45) is 0.0501. The molecule has 1 rings (SSSR count). The van der Waals surface area contributed by atoms with Crippen LogP contribution >= 0.6 is 0 Å². The Morgan fingerprint density at radius 2 is 2.00 bits per heavy atom. The van der Waals surface area contributed by atoms with Crippen LogP contribution < -0.4 is 10.1 Å². The molecule has 0 fully saturated rings. The molecule has 1 aromatic carbocycles. The van der Waals surface area contributed by atoms with Crippen molar-refractivity contribution in [2.24, 2.45) is 0 Å². The fourth-order valence-electron chi connectivity index (χ4n) is 2.18. The fourth-order valence-corrected chi connectivity index (χ4v) is 2.18. The summed E-state index contributed by atoms with van der Waals surface area (Å²) in [7, 11) is 0. The molecule has 0 spiro atoms. The van der Waals surface area contributed by atoms with E-state index in [9.17, 15) is 4.79 Å². The average molecular weight is 293 g/mol. The van der Waals surface area contributed by atoms with Crippen LogP contribution in [0.2, 0.25) is 0 Å². The number of carbonyl (C=O) groups excluding carboxylic acids is 1. The van der Waals surface area contributed by atoms with E-state index in [1.54, 1.807) is 6.92 Å². The van der Waals surface area contributed by atoms with E-state index in [0.29, 0.717) is 19.1 Å². The van der Waals surface area contributed by atoms with Gasteiger partial charge in [-0.3, -0.25) is 0 Å². The van der Waals surface area contributed by atoms with Gasteiger partial charge >= 0.3 is 5.97 Å². The van der Waals surface area contributed by atoms with E-state index in [2.05, 4.69) is 25.2 Å². The molecule has 4 heteroatoms. The van der Waals surface area contributed by atoms with Crippen LogP contribution in [0, 0.1) is 6.92 Å². The van der Waals surface area contributed by atoms with Crippen LogP contribution in [0.3, 0.4) is 0 Å². The largest absolute Gasteiger partial charge is 0.478 e. The molecular formula is C17H27NO3. The normalized spacial score (nSPS) is 13.6. The quantitative estimate of drug-likeness (QED) is 0.746. The summed E-state index contributed by atoms with van der Waals surface area (Å²) in [6.45, 7) is 11.2. The first-order valence-electron chi connectivity index (χ1n) is 7.70. The molecule has 0 radical (unpaired) electrons. The number of rotatable bonds is 8. The van der Waals surface area contributed by atoms with Gasteiger partial charge in [-0.25, -0.2) is 4.79 Å². The third-order valence-corrected chi connectivity index (χ3v) is 3.40. The number of ether oxygens (including phenoxy) is 2. The van der Waals surface area contributed by atoms with Crippen molar-refractivity contribution < 1.29 is 14.3 Å². The van der Waals surface area contributed by atoms with Crippen LogP contribution in [0.5, 0.6) is 5.75 Å². The van der Waals surface area contributed by atoms with E-state index >= 15 is 0 Å². The SMILES string of the molecule is CCNC(C)c1ccc(OC(CC)C(=O)OCC)c(C)c1. The lowest BCUT2D eigenvalue weighted by Crippen LogP contribution is -2.29. The monoisotopic (exact) mass is 293 g/mol. The molecule has 0 amide bonds. The van der Waals surface area contributed by atoms with Crippen LogP contribution in [-0.2, 0) is 9.53 Å². The Morgan fingerprint density at radius 1 is 1.29 bits per heavy atom. The maximum atomic E-state index is 11.8. The zero-order chi connectivity index (χ0) is 15.8. The molecule has 0 aromatic heterocycles. The van der Waals surface area contributed by atoms with E-state index in [4.69, 9.17) is 9.47 Å². The molecule has 0 heterocycles. The first-order valence-corrected chi connectivity index (χ1v) is 7.70. The predicted molar refractivity (Wildman–Crippen MR) is 84.6 cm³/mol. The van der Waals surface area contributed by atoms with Crippen molar-refractivity contribution in [3.63, 3.8) is 0 Å². The molecule has 1 N–H and O–H groups in total. The maximum absolute atomic E-state index is 11.8. The van der Waals surface area contributed by atoms with Gasteiger partial charge in [0.05, 0.1) is 6.61 Å². The lowest BCUT2D eigenvalue weighted by molar-refractivity contribution is -0.151. The van der Waals surface area contributed by atoms with E-state index in [0.717, 1.165) is 17.9 Å². The number of nitrogens with one attached hydrogen (secondary N) is 1. The van der Waals surface area contributed by atoms with Gasteiger partial charge in [0.2, 0.25) is 0 Å². The topological polar surface area (TPSA) is 47.6 Å². The summed E-state index contributed by atoms with van der Waals surface area (Å²) < 4.78 is 10.8. The van der Waals surface area contributed by atoms with Gasteiger partial charge in [0.15, 0.2) is 6.10 Å². The first-order chi connectivity index (χ1) is 10.0. The number of esters is 1. The van der Waals surface area contributed by atoms with Crippen molar-refractivity contribution >= 4 is 5.97 Å². The lowest BCUT2D eigenvalue weighted by Gasteiger charge is -2.19. The Morgan fingerprint density at radius 3 is 2.52 bits per heavy atom. The van der Waals surface area contributed by atoms with Gasteiger partial charge in [0, 0.05) is 6.04 Å². The molecule has 0 aliphatic carbocycles. The predicted octanol–water partition coefficient (Wildman–Crippen LogP) is 3.39. The minimum atomic E-state index is -0.541. The van der Waals surface area contributed by atoms with Gasteiger partial charge in [0.25, 0.3) is 0 Å². The van der Waals surface area contributed by atoms with E-state index in [-0.39, 0.29) is 5.97 Å². The van der Waals surface area contributed by atoms with Gasteiger partial charge in [-0.1, -0.05) is 26.0 Å². The number of aryl methyl sites for hydroxylation is 1. The second-order valence-electron chi connectivity index (χ2n) is 5.07. The zero-order valence-corrected chi connectivity index (χ0v) is 13.7. The summed E-state index contributed by atoms with van der Waals surface area (Å²) in [5.41, 5.74) is 2.24. The molecule has 0 aliphatic rings. The number of hydrogen-bond donors (Lipinski definition) is 1. The molecule has 2 atom stereocenters. The summed E-state index contributed by atoms with van der Waals surface area (Å²) in [6, 6.07) is 6.36. The fraction of sp³-hybridized carbons (Fsp3) is 0.588. The summed E-state index contributed by atoms with van der Waals surface area (Å²) in [5.74, 6) is 0.437. The van der Waals surface area contributed by atoms with Crippen LogP contribution in [0.4, 0.5) is 0 Å². The van der Waals surface area contributed by atoms with Crippen molar-refractivity contribution in [2.45, 2.75) is 53.2 Å². The highest BCUT2D eigenvalue weighted by molar-refractivity contribution is 5.75. The maximum Gasteiger partial charge on any atom is 0.347 e. The molecule has 2 unspecified atom stereocenters. The molecule has 118 valence electrons. The van der Waals surface area contributed by atoms with Crippen molar-refractivity contribution in [3.8, 4) is 5.75 Å².